The van der Waals surface area contributed by atoms with Crippen molar-refractivity contribution >= 4 is 5.78 Å². The lowest BCUT2D eigenvalue weighted by atomic mass is 10.1. The van der Waals surface area contributed by atoms with Gasteiger partial charge in [0.05, 0.1) is 12.0 Å². The monoisotopic (exact) mass is 256 g/mol. The third kappa shape index (κ3) is 3.47. The van der Waals surface area contributed by atoms with E-state index < -0.39 is 47.8 Å². The van der Waals surface area contributed by atoms with Crippen LogP contribution in [0.1, 0.15) is 23.2 Å². The van der Waals surface area contributed by atoms with Crippen molar-refractivity contribution in [1.82, 2.24) is 0 Å². The minimum Gasteiger partial charge on any atom is -0.294 e. The predicted molar refractivity (Wildman–Crippen MR) is 45.9 cm³/mol. The summed E-state index contributed by atoms with van der Waals surface area (Å²) in [7, 11) is 0. The zero-order chi connectivity index (χ0) is 13.2. The van der Waals surface area contributed by atoms with Gasteiger partial charge in [-0.15, -0.1) is 0 Å². The number of hydrogen-bond donors (Lipinski definition) is 0. The normalized spacial score (nSPS) is 11.6. The molecule has 94 valence electrons. The van der Waals surface area contributed by atoms with E-state index in [1.54, 1.807) is 0 Å². The fourth-order valence-electron chi connectivity index (χ4n) is 1.13. The molecule has 0 atom stereocenters. The van der Waals surface area contributed by atoms with Crippen LogP contribution in [0.4, 0.5) is 26.3 Å². The molecule has 1 aromatic carbocycles. The van der Waals surface area contributed by atoms with Crippen LogP contribution in [0.3, 0.4) is 0 Å². The summed E-state index contributed by atoms with van der Waals surface area (Å²) in [6.07, 6.45) is -7.01. The molecule has 0 aliphatic heterocycles. The van der Waals surface area contributed by atoms with Crippen LogP contribution in [0.15, 0.2) is 12.1 Å². The van der Waals surface area contributed by atoms with Crippen molar-refractivity contribution in [2.45, 2.75) is 19.0 Å². The molecule has 0 spiro atoms. The molecule has 0 fully saturated rings. The van der Waals surface area contributed by atoms with Gasteiger partial charge >= 0.3 is 6.18 Å². The highest BCUT2D eigenvalue weighted by molar-refractivity contribution is 5.96. The number of halogens is 6. The Bertz CT molecular complexity index is 437. The van der Waals surface area contributed by atoms with Crippen molar-refractivity contribution < 1.29 is 31.1 Å². The molecule has 1 aromatic rings. The standard InChI is InChI=1S/C10H6F6O/c11-6-2-1-5(8(12)9(6)13)7(17)3-4-10(14,15)16/h1-2H,3-4H2. The highest BCUT2D eigenvalue weighted by atomic mass is 19.4. The van der Waals surface area contributed by atoms with E-state index >= 15 is 0 Å². The van der Waals surface area contributed by atoms with Gasteiger partial charge in [-0.1, -0.05) is 0 Å². The lowest BCUT2D eigenvalue weighted by Crippen LogP contribution is -2.12. The fourth-order valence-corrected chi connectivity index (χ4v) is 1.13. The van der Waals surface area contributed by atoms with Crippen LogP contribution in [0.2, 0.25) is 0 Å². The van der Waals surface area contributed by atoms with E-state index in [-0.39, 0.29) is 0 Å². The van der Waals surface area contributed by atoms with E-state index in [9.17, 15) is 31.1 Å². The van der Waals surface area contributed by atoms with E-state index in [2.05, 4.69) is 0 Å². The van der Waals surface area contributed by atoms with Crippen molar-refractivity contribution in [3.05, 3.63) is 35.1 Å². The summed E-state index contributed by atoms with van der Waals surface area (Å²) in [4.78, 5) is 11.1. The average molecular weight is 256 g/mol. The van der Waals surface area contributed by atoms with Crippen molar-refractivity contribution in [3.63, 3.8) is 0 Å². The Labute approximate surface area is 92.0 Å². The molecule has 0 saturated heterocycles. The number of carbonyl (C=O) groups excluding carboxylic acids is 1. The number of alkyl halides is 3. The summed E-state index contributed by atoms with van der Waals surface area (Å²) in [5.74, 6) is -6.37. The van der Waals surface area contributed by atoms with E-state index in [1.807, 2.05) is 0 Å². The molecule has 0 aromatic heterocycles. The molecule has 0 N–H and O–H groups in total. The Morgan fingerprint density at radius 2 is 1.65 bits per heavy atom. The van der Waals surface area contributed by atoms with Gasteiger partial charge in [-0.2, -0.15) is 13.2 Å². The molecule has 7 heteroatoms. The summed E-state index contributed by atoms with van der Waals surface area (Å²) >= 11 is 0. The fraction of sp³-hybridized carbons (Fsp3) is 0.300. The third-order valence-corrected chi connectivity index (χ3v) is 1.97. The van der Waals surface area contributed by atoms with Crippen LogP contribution in [0.25, 0.3) is 0 Å². The maximum absolute atomic E-state index is 13.0. The van der Waals surface area contributed by atoms with Gasteiger partial charge in [0.25, 0.3) is 0 Å². The average Bonchev–Trinajstić information content (AvgIpc) is 2.22. The van der Waals surface area contributed by atoms with Gasteiger partial charge in [-0.3, -0.25) is 4.79 Å². The number of ketones is 1. The minimum absolute atomic E-state index is 0.485. The Hall–Kier alpha value is -1.53. The maximum atomic E-state index is 13.0. The summed E-state index contributed by atoms with van der Waals surface area (Å²) in [5.41, 5.74) is -0.881. The smallest absolute Gasteiger partial charge is 0.294 e. The molecule has 0 bridgehead atoms. The van der Waals surface area contributed by atoms with Gasteiger partial charge in [-0.25, -0.2) is 13.2 Å². The van der Waals surface area contributed by atoms with E-state index in [0.29, 0.717) is 12.1 Å². The van der Waals surface area contributed by atoms with Gasteiger partial charge in [0, 0.05) is 6.42 Å². The molecule has 0 unspecified atom stereocenters. The number of carbonyl (C=O) groups is 1. The number of Topliss-reactive ketones (excluding diaryl/α,β-unsaturated/α-hetero) is 1. The first-order valence-corrected chi connectivity index (χ1v) is 4.46. The van der Waals surface area contributed by atoms with Gasteiger partial charge in [0.15, 0.2) is 23.2 Å². The SMILES string of the molecule is O=C(CCC(F)(F)F)c1ccc(F)c(F)c1F. The van der Waals surface area contributed by atoms with Crippen LogP contribution >= 0.6 is 0 Å². The van der Waals surface area contributed by atoms with E-state index in [4.69, 9.17) is 0 Å². The van der Waals surface area contributed by atoms with Gasteiger partial charge < -0.3 is 0 Å². The molecule has 0 radical (unpaired) electrons. The molecule has 0 aliphatic rings. The van der Waals surface area contributed by atoms with Crippen LogP contribution < -0.4 is 0 Å². The summed E-state index contributed by atoms with van der Waals surface area (Å²) in [6.45, 7) is 0. The summed E-state index contributed by atoms with van der Waals surface area (Å²) < 4.78 is 73.6. The van der Waals surface area contributed by atoms with Crippen LogP contribution in [-0.4, -0.2) is 12.0 Å². The van der Waals surface area contributed by atoms with Crippen LogP contribution in [0.5, 0.6) is 0 Å². The molecular weight excluding hydrogens is 250 g/mol. The quantitative estimate of drug-likeness (QED) is 0.458. The van der Waals surface area contributed by atoms with E-state index in [1.165, 1.54) is 0 Å². The molecule has 0 heterocycles. The highest BCUT2D eigenvalue weighted by Crippen LogP contribution is 2.24. The van der Waals surface area contributed by atoms with Crippen LogP contribution in [-0.2, 0) is 0 Å². The van der Waals surface area contributed by atoms with Gasteiger partial charge in [0.1, 0.15) is 0 Å². The van der Waals surface area contributed by atoms with Gasteiger partial charge in [-0.05, 0) is 12.1 Å². The number of benzene rings is 1. The molecular formula is C10H6F6O. The minimum atomic E-state index is -4.56. The van der Waals surface area contributed by atoms with Crippen molar-refractivity contribution in [1.29, 1.82) is 0 Å². The molecule has 0 saturated carbocycles. The topological polar surface area (TPSA) is 17.1 Å². The summed E-state index contributed by atoms with van der Waals surface area (Å²) in [5, 5.41) is 0. The second-order valence-corrected chi connectivity index (χ2v) is 3.26. The number of hydrogen-bond acceptors (Lipinski definition) is 1. The Morgan fingerprint density at radius 3 is 2.18 bits per heavy atom. The zero-order valence-electron chi connectivity index (χ0n) is 8.24. The molecule has 0 aliphatic carbocycles. The molecule has 17 heavy (non-hydrogen) atoms. The first-order valence-electron chi connectivity index (χ1n) is 4.46. The number of rotatable bonds is 3. The van der Waals surface area contributed by atoms with Crippen molar-refractivity contribution in [2.24, 2.45) is 0 Å². The maximum Gasteiger partial charge on any atom is 0.389 e. The Morgan fingerprint density at radius 1 is 1.06 bits per heavy atom. The lowest BCUT2D eigenvalue weighted by molar-refractivity contribution is -0.133. The first-order chi connectivity index (χ1) is 7.72. The largest absolute Gasteiger partial charge is 0.389 e. The first kappa shape index (κ1) is 13.5. The lowest BCUT2D eigenvalue weighted by Gasteiger charge is -2.06. The van der Waals surface area contributed by atoms with E-state index in [0.717, 1.165) is 0 Å². The van der Waals surface area contributed by atoms with Crippen molar-refractivity contribution in [3.8, 4) is 0 Å². The third-order valence-electron chi connectivity index (χ3n) is 1.97. The molecule has 1 rings (SSSR count). The Kier molecular flexibility index (Phi) is 3.79. The second kappa shape index (κ2) is 4.77. The zero-order valence-corrected chi connectivity index (χ0v) is 8.24. The highest BCUT2D eigenvalue weighted by Gasteiger charge is 2.29. The molecule has 1 nitrogen and oxygen atoms in total. The predicted octanol–water partition coefficient (Wildman–Crippen LogP) is 3.63. The second-order valence-electron chi connectivity index (χ2n) is 3.26. The molecule has 0 amide bonds. The van der Waals surface area contributed by atoms with Gasteiger partial charge in [0.2, 0.25) is 0 Å². The summed E-state index contributed by atoms with van der Waals surface area (Å²) in [6, 6.07) is 1.10. The Balaban J connectivity index is 2.87. The van der Waals surface area contributed by atoms with Crippen molar-refractivity contribution in [2.75, 3.05) is 0 Å². The van der Waals surface area contributed by atoms with Crippen LogP contribution in [0, 0.1) is 17.5 Å².